The molecule has 190 valence electrons. The number of carbonyl (C=O) groups is 1. The van der Waals surface area contributed by atoms with Crippen LogP contribution in [-0.4, -0.2) is 39.6 Å². The number of oxime groups is 1. The third-order valence-electron chi connectivity index (χ3n) is 6.07. The standard InChI is InChI=1S/C24H22Cl2F3N5O2/c1-5-20-30-22(31-34(20)4)33(3)21(35)18-7-6-14(8-13(18)2)19-12-23(36-32-19,24(27,28)29)15-9-16(25)11-17(26)10-15/h6-11H,5,12H2,1-4H3. The average Bonchev–Trinajstić information content (AvgIpc) is 3.42. The molecule has 0 N–H and O–H groups in total. The fraction of sp³-hybridized carbons (Fsp3) is 0.333. The highest BCUT2D eigenvalue weighted by atomic mass is 35.5. The summed E-state index contributed by atoms with van der Waals surface area (Å²) in [6.07, 6.45) is -4.73. The van der Waals surface area contributed by atoms with Crippen molar-refractivity contribution in [3.8, 4) is 0 Å². The second-order valence-corrected chi connectivity index (χ2v) is 9.36. The van der Waals surface area contributed by atoms with E-state index in [1.54, 1.807) is 37.8 Å². The normalized spacial score (nSPS) is 17.6. The largest absolute Gasteiger partial charge is 0.435 e. The molecule has 1 aliphatic heterocycles. The van der Waals surface area contributed by atoms with Crippen molar-refractivity contribution in [2.45, 2.75) is 38.5 Å². The second-order valence-electron chi connectivity index (χ2n) is 8.49. The molecule has 7 nitrogen and oxygen atoms in total. The van der Waals surface area contributed by atoms with E-state index in [4.69, 9.17) is 28.0 Å². The number of rotatable bonds is 5. The zero-order chi connectivity index (χ0) is 26.4. The maximum atomic E-state index is 14.3. The Labute approximate surface area is 215 Å². The summed E-state index contributed by atoms with van der Waals surface area (Å²) in [5.74, 6) is 0.631. The zero-order valence-corrected chi connectivity index (χ0v) is 21.3. The lowest BCUT2D eigenvalue weighted by atomic mass is 9.86. The van der Waals surface area contributed by atoms with Gasteiger partial charge in [0.1, 0.15) is 5.82 Å². The van der Waals surface area contributed by atoms with Crippen LogP contribution < -0.4 is 4.90 Å². The summed E-state index contributed by atoms with van der Waals surface area (Å²) < 4.78 is 44.4. The quantitative estimate of drug-likeness (QED) is 0.407. The number of benzene rings is 2. The topological polar surface area (TPSA) is 72.6 Å². The van der Waals surface area contributed by atoms with E-state index < -0.39 is 18.2 Å². The Morgan fingerprint density at radius 1 is 1.19 bits per heavy atom. The Morgan fingerprint density at radius 3 is 2.42 bits per heavy atom. The van der Waals surface area contributed by atoms with Crippen molar-refractivity contribution in [1.82, 2.24) is 14.8 Å². The van der Waals surface area contributed by atoms with E-state index in [0.29, 0.717) is 23.1 Å². The summed E-state index contributed by atoms with van der Waals surface area (Å²) in [4.78, 5) is 23.8. The number of aryl methyl sites for hydroxylation is 3. The van der Waals surface area contributed by atoms with Gasteiger partial charge < -0.3 is 4.84 Å². The van der Waals surface area contributed by atoms with Gasteiger partial charge in [-0.1, -0.05) is 41.3 Å². The molecule has 4 rings (SSSR count). The highest BCUT2D eigenvalue weighted by molar-refractivity contribution is 6.34. The van der Waals surface area contributed by atoms with Gasteiger partial charge in [0.25, 0.3) is 17.5 Å². The lowest BCUT2D eigenvalue weighted by Crippen LogP contribution is -2.42. The summed E-state index contributed by atoms with van der Waals surface area (Å²) in [7, 11) is 3.31. The van der Waals surface area contributed by atoms with Gasteiger partial charge in [-0.3, -0.25) is 14.4 Å². The predicted molar refractivity (Wildman–Crippen MR) is 131 cm³/mol. The smallest absolute Gasteiger partial charge is 0.374 e. The van der Waals surface area contributed by atoms with Gasteiger partial charge in [0, 0.05) is 48.1 Å². The molecule has 0 aliphatic carbocycles. The van der Waals surface area contributed by atoms with E-state index in [-0.39, 0.29) is 33.2 Å². The number of anilines is 1. The maximum absolute atomic E-state index is 14.3. The summed E-state index contributed by atoms with van der Waals surface area (Å²) in [6.45, 7) is 3.63. The van der Waals surface area contributed by atoms with Gasteiger partial charge in [-0.05, 0) is 48.4 Å². The highest BCUT2D eigenvalue weighted by Crippen LogP contribution is 2.49. The molecular weight excluding hydrogens is 518 g/mol. The predicted octanol–water partition coefficient (Wildman–Crippen LogP) is 5.85. The molecule has 1 aliphatic rings. The van der Waals surface area contributed by atoms with Crippen LogP contribution in [0.5, 0.6) is 0 Å². The van der Waals surface area contributed by atoms with E-state index >= 15 is 0 Å². The van der Waals surface area contributed by atoms with Crippen LogP contribution in [0.3, 0.4) is 0 Å². The molecule has 1 aromatic heterocycles. The summed E-state index contributed by atoms with van der Waals surface area (Å²) >= 11 is 11.9. The molecule has 12 heteroatoms. The van der Waals surface area contributed by atoms with Crippen molar-refractivity contribution in [1.29, 1.82) is 0 Å². The van der Waals surface area contributed by atoms with Crippen molar-refractivity contribution in [2.75, 3.05) is 11.9 Å². The molecule has 0 spiro atoms. The Morgan fingerprint density at radius 2 is 1.86 bits per heavy atom. The third kappa shape index (κ3) is 4.55. The lowest BCUT2D eigenvalue weighted by molar-refractivity contribution is -0.275. The number of alkyl halides is 3. The molecule has 3 aromatic rings. The fourth-order valence-corrected chi connectivity index (χ4v) is 4.58. The van der Waals surface area contributed by atoms with Crippen LogP contribution in [-0.2, 0) is 23.9 Å². The van der Waals surface area contributed by atoms with Crippen LogP contribution in [0.4, 0.5) is 19.1 Å². The van der Waals surface area contributed by atoms with Crippen LogP contribution in [0, 0.1) is 6.92 Å². The van der Waals surface area contributed by atoms with Crippen molar-refractivity contribution in [2.24, 2.45) is 12.2 Å². The van der Waals surface area contributed by atoms with Crippen molar-refractivity contribution < 1.29 is 22.8 Å². The molecule has 2 aromatic carbocycles. The fourth-order valence-electron chi connectivity index (χ4n) is 4.05. The molecule has 0 radical (unpaired) electrons. The van der Waals surface area contributed by atoms with Crippen LogP contribution in [0.1, 0.15) is 46.2 Å². The van der Waals surface area contributed by atoms with E-state index in [1.807, 2.05) is 6.92 Å². The maximum Gasteiger partial charge on any atom is 0.435 e. The van der Waals surface area contributed by atoms with Gasteiger partial charge in [-0.15, -0.1) is 5.10 Å². The molecule has 0 bridgehead atoms. The van der Waals surface area contributed by atoms with Crippen LogP contribution in [0.2, 0.25) is 10.0 Å². The van der Waals surface area contributed by atoms with E-state index in [1.165, 1.54) is 17.0 Å². The van der Waals surface area contributed by atoms with Crippen molar-refractivity contribution in [3.63, 3.8) is 0 Å². The first-order valence-corrected chi connectivity index (χ1v) is 11.7. The molecule has 1 unspecified atom stereocenters. The van der Waals surface area contributed by atoms with Crippen LogP contribution in [0.15, 0.2) is 41.6 Å². The number of carbonyl (C=O) groups excluding carboxylic acids is 1. The molecule has 0 saturated heterocycles. The first-order valence-electron chi connectivity index (χ1n) is 10.9. The number of halogens is 5. The number of amides is 1. The minimum absolute atomic E-state index is 0.0504. The highest BCUT2D eigenvalue weighted by Gasteiger charge is 2.62. The molecule has 0 saturated carbocycles. The monoisotopic (exact) mass is 539 g/mol. The molecule has 1 atom stereocenters. The molecular formula is C24H22Cl2F3N5O2. The Hall–Kier alpha value is -3.11. The van der Waals surface area contributed by atoms with Crippen molar-refractivity contribution in [3.05, 3.63) is 74.5 Å². The average molecular weight is 540 g/mol. The van der Waals surface area contributed by atoms with Gasteiger partial charge in [-0.25, -0.2) is 0 Å². The molecule has 0 fully saturated rings. The van der Waals surface area contributed by atoms with Crippen LogP contribution in [0.25, 0.3) is 0 Å². The molecule has 1 amide bonds. The second kappa shape index (κ2) is 9.40. The number of hydrogen-bond donors (Lipinski definition) is 0. The summed E-state index contributed by atoms with van der Waals surface area (Å²) in [5.41, 5.74) is -1.59. The van der Waals surface area contributed by atoms with Gasteiger partial charge in [-0.2, -0.15) is 18.2 Å². The van der Waals surface area contributed by atoms with Gasteiger partial charge in [0.15, 0.2) is 0 Å². The third-order valence-corrected chi connectivity index (χ3v) is 6.50. The minimum atomic E-state index is -4.80. The Kier molecular flexibility index (Phi) is 6.78. The minimum Gasteiger partial charge on any atom is -0.374 e. The summed E-state index contributed by atoms with van der Waals surface area (Å²) in [6, 6.07) is 8.35. The van der Waals surface area contributed by atoms with E-state index in [9.17, 15) is 18.0 Å². The SMILES string of the molecule is CCc1nc(N(C)C(=O)c2ccc(C3=NOC(c4cc(Cl)cc(Cl)c4)(C(F)(F)F)C3)cc2C)nn1C. The zero-order valence-electron chi connectivity index (χ0n) is 19.8. The lowest BCUT2D eigenvalue weighted by Gasteiger charge is -2.29. The summed E-state index contributed by atoms with van der Waals surface area (Å²) in [5, 5.41) is 8.14. The molecule has 36 heavy (non-hydrogen) atoms. The number of aromatic nitrogens is 3. The molecule has 2 heterocycles. The van der Waals surface area contributed by atoms with Gasteiger partial charge in [0.2, 0.25) is 0 Å². The van der Waals surface area contributed by atoms with E-state index in [0.717, 1.165) is 18.0 Å². The Bertz CT molecular complexity index is 1350. The Balaban J connectivity index is 1.62. The van der Waals surface area contributed by atoms with Crippen molar-refractivity contribution >= 4 is 40.8 Å². The number of hydrogen-bond acceptors (Lipinski definition) is 5. The number of nitrogens with zero attached hydrogens (tertiary/aromatic N) is 5. The first-order chi connectivity index (χ1) is 16.9. The van der Waals surface area contributed by atoms with Gasteiger partial charge >= 0.3 is 6.18 Å². The van der Waals surface area contributed by atoms with Crippen LogP contribution >= 0.6 is 23.2 Å². The first kappa shape index (κ1) is 26.0. The van der Waals surface area contributed by atoms with E-state index in [2.05, 4.69) is 15.2 Å². The van der Waals surface area contributed by atoms with Gasteiger partial charge in [0.05, 0.1) is 5.71 Å².